The van der Waals surface area contributed by atoms with E-state index in [9.17, 15) is 14.0 Å². The number of carbonyl (C=O) groups excluding carboxylic acids is 1. The first-order valence-corrected chi connectivity index (χ1v) is 12.0. The van der Waals surface area contributed by atoms with E-state index < -0.39 is 11.7 Å². The number of thioether (sulfide) groups is 1. The first kappa shape index (κ1) is 21.0. The highest BCUT2D eigenvalue weighted by Gasteiger charge is 2.18. The molecule has 0 aliphatic carbocycles. The summed E-state index contributed by atoms with van der Waals surface area (Å²) >= 11 is 9.85. The van der Waals surface area contributed by atoms with Gasteiger partial charge in [-0.3, -0.25) is 14.2 Å². The molecule has 1 amide bonds. The van der Waals surface area contributed by atoms with Crippen LogP contribution in [-0.2, 0) is 11.3 Å². The van der Waals surface area contributed by atoms with Crippen molar-refractivity contribution in [2.45, 2.75) is 18.6 Å². The van der Waals surface area contributed by atoms with Crippen LogP contribution in [-0.4, -0.2) is 21.2 Å². The van der Waals surface area contributed by atoms with Gasteiger partial charge in [-0.15, -0.1) is 22.7 Å². The zero-order valence-electron chi connectivity index (χ0n) is 15.6. The Balaban J connectivity index is 1.58. The van der Waals surface area contributed by atoms with E-state index in [4.69, 9.17) is 11.6 Å². The first-order chi connectivity index (χ1) is 14.5. The smallest absolute Gasteiger partial charge is 0.263 e. The van der Waals surface area contributed by atoms with E-state index in [2.05, 4.69) is 10.3 Å². The molecule has 154 valence electrons. The Hall–Kier alpha value is -2.20. The van der Waals surface area contributed by atoms with E-state index in [0.29, 0.717) is 21.9 Å². The molecular formula is C20H15ClFN3O2S3. The molecule has 0 unspecified atom stereocenters. The van der Waals surface area contributed by atoms with Gasteiger partial charge < -0.3 is 5.32 Å². The van der Waals surface area contributed by atoms with Gasteiger partial charge in [0.1, 0.15) is 10.6 Å². The van der Waals surface area contributed by atoms with E-state index in [1.165, 1.54) is 23.5 Å². The average molecular weight is 480 g/mol. The van der Waals surface area contributed by atoms with Crippen molar-refractivity contribution in [3.8, 4) is 10.4 Å². The highest BCUT2D eigenvalue weighted by Crippen LogP contribution is 2.34. The number of benzene rings is 1. The number of nitrogens with zero attached hydrogens (tertiary/aromatic N) is 2. The maximum Gasteiger partial charge on any atom is 0.263 e. The van der Waals surface area contributed by atoms with Crippen LogP contribution in [0.4, 0.5) is 10.1 Å². The molecule has 5 nitrogen and oxygen atoms in total. The molecule has 1 aromatic carbocycles. The van der Waals surface area contributed by atoms with Gasteiger partial charge >= 0.3 is 0 Å². The summed E-state index contributed by atoms with van der Waals surface area (Å²) in [5.74, 6) is -1.02. The number of hydrogen-bond acceptors (Lipinski definition) is 6. The van der Waals surface area contributed by atoms with Crippen molar-refractivity contribution in [1.82, 2.24) is 9.55 Å². The van der Waals surface area contributed by atoms with Crippen molar-refractivity contribution in [3.05, 3.63) is 62.3 Å². The Labute approximate surface area is 188 Å². The summed E-state index contributed by atoms with van der Waals surface area (Å²) in [5, 5.41) is 7.73. The number of fused-ring (bicyclic) bond motifs is 1. The fourth-order valence-corrected chi connectivity index (χ4v) is 5.74. The van der Waals surface area contributed by atoms with Crippen molar-refractivity contribution in [2.24, 2.45) is 0 Å². The minimum Gasteiger partial charge on any atom is -0.323 e. The third kappa shape index (κ3) is 4.15. The molecule has 0 radical (unpaired) electrons. The van der Waals surface area contributed by atoms with Crippen molar-refractivity contribution in [3.63, 3.8) is 0 Å². The third-order valence-corrected chi connectivity index (χ3v) is 7.29. The van der Waals surface area contributed by atoms with Crippen LogP contribution in [0.25, 0.3) is 20.7 Å². The second kappa shape index (κ2) is 8.89. The Kier molecular flexibility index (Phi) is 6.24. The summed E-state index contributed by atoms with van der Waals surface area (Å²) in [6.45, 7) is 2.29. The predicted molar refractivity (Wildman–Crippen MR) is 124 cm³/mol. The lowest BCUT2D eigenvalue weighted by Crippen LogP contribution is -2.23. The molecular weight excluding hydrogens is 465 g/mol. The molecule has 0 aliphatic rings. The molecule has 3 heterocycles. The van der Waals surface area contributed by atoms with Gasteiger partial charge in [0.05, 0.1) is 16.8 Å². The van der Waals surface area contributed by atoms with E-state index in [-0.39, 0.29) is 22.0 Å². The molecule has 0 aliphatic heterocycles. The van der Waals surface area contributed by atoms with Gasteiger partial charge in [-0.2, -0.15) is 0 Å². The van der Waals surface area contributed by atoms with E-state index in [0.717, 1.165) is 28.3 Å². The lowest BCUT2D eigenvalue weighted by molar-refractivity contribution is -0.113. The van der Waals surface area contributed by atoms with Gasteiger partial charge in [-0.25, -0.2) is 9.37 Å². The molecule has 4 rings (SSSR count). The highest BCUT2D eigenvalue weighted by atomic mass is 35.5. The zero-order valence-corrected chi connectivity index (χ0v) is 18.9. The topological polar surface area (TPSA) is 64.0 Å². The van der Waals surface area contributed by atoms with Crippen molar-refractivity contribution >= 4 is 67.8 Å². The van der Waals surface area contributed by atoms with E-state index in [1.54, 1.807) is 15.9 Å². The van der Waals surface area contributed by atoms with Crippen LogP contribution in [0.15, 0.2) is 51.0 Å². The molecule has 0 saturated carbocycles. The van der Waals surface area contributed by atoms with Crippen LogP contribution in [0.2, 0.25) is 5.02 Å². The third-order valence-electron chi connectivity index (χ3n) is 4.30. The number of aromatic nitrogens is 2. The summed E-state index contributed by atoms with van der Waals surface area (Å²) in [4.78, 5) is 31.7. The molecule has 0 bridgehead atoms. The van der Waals surface area contributed by atoms with Gasteiger partial charge in [0.15, 0.2) is 5.16 Å². The number of carbonyl (C=O) groups is 1. The summed E-state index contributed by atoms with van der Waals surface area (Å²) in [6, 6.07) is 7.97. The first-order valence-electron chi connectivity index (χ1n) is 8.91. The number of hydrogen-bond donors (Lipinski definition) is 1. The average Bonchev–Trinajstić information content (AvgIpc) is 3.38. The second-order valence-corrected chi connectivity index (χ2v) is 9.40. The highest BCUT2D eigenvalue weighted by molar-refractivity contribution is 7.99. The van der Waals surface area contributed by atoms with Gasteiger partial charge in [0.25, 0.3) is 5.56 Å². The minimum absolute atomic E-state index is 0.0107. The zero-order chi connectivity index (χ0) is 21.3. The fraction of sp³-hybridized carbons (Fsp3) is 0.150. The molecule has 10 heteroatoms. The lowest BCUT2D eigenvalue weighted by Gasteiger charge is -2.11. The number of rotatable bonds is 6. The van der Waals surface area contributed by atoms with Crippen LogP contribution < -0.4 is 10.9 Å². The van der Waals surface area contributed by atoms with Crippen LogP contribution in [0.5, 0.6) is 0 Å². The normalized spacial score (nSPS) is 11.2. The van der Waals surface area contributed by atoms with Crippen LogP contribution >= 0.6 is 46.0 Å². The van der Waals surface area contributed by atoms with Gasteiger partial charge in [0.2, 0.25) is 5.91 Å². The van der Waals surface area contributed by atoms with Crippen LogP contribution in [0, 0.1) is 5.82 Å². The molecule has 0 spiro atoms. The second-order valence-electron chi connectivity index (χ2n) is 6.21. The Bertz CT molecular complexity index is 1280. The SMILES string of the molecule is CCn1c(SCC(=O)Nc2ccc(Cl)cc2F)nc2scc(-c3cccs3)c2c1=O. The molecule has 0 atom stereocenters. The van der Waals surface area contributed by atoms with Crippen molar-refractivity contribution < 1.29 is 9.18 Å². The van der Waals surface area contributed by atoms with Gasteiger partial charge in [-0.1, -0.05) is 29.4 Å². The fourth-order valence-electron chi connectivity index (χ4n) is 2.92. The lowest BCUT2D eigenvalue weighted by atomic mass is 10.2. The molecule has 0 saturated heterocycles. The number of nitrogens with one attached hydrogen (secondary N) is 1. The van der Waals surface area contributed by atoms with Gasteiger partial charge in [-0.05, 0) is 36.6 Å². The van der Waals surface area contributed by atoms with E-state index in [1.807, 2.05) is 29.8 Å². The molecule has 4 aromatic rings. The number of anilines is 1. The summed E-state index contributed by atoms with van der Waals surface area (Å²) < 4.78 is 15.4. The van der Waals surface area contributed by atoms with Crippen molar-refractivity contribution in [1.29, 1.82) is 0 Å². The van der Waals surface area contributed by atoms with Crippen molar-refractivity contribution in [2.75, 3.05) is 11.1 Å². The number of thiophene rings is 2. The molecule has 1 N–H and O–H groups in total. The van der Waals surface area contributed by atoms with Crippen LogP contribution in [0.1, 0.15) is 6.92 Å². The predicted octanol–water partition coefficient (Wildman–Crippen LogP) is 5.73. The van der Waals surface area contributed by atoms with Crippen LogP contribution in [0.3, 0.4) is 0 Å². The molecule has 0 fully saturated rings. The molecule has 30 heavy (non-hydrogen) atoms. The number of halogens is 2. The standard InChI is InChI=1S/C20H15ClFN3O2S3/c1-2-25-19(27)17-12(15-4-3-7-28-15)9-29-18(17)24-20(25)30-10-16(26)23-14-6-5-11(21)8-13(14)22/h3-9H,2,10H2,1H3,(H,23,26). The quantitative estimate of drug-likeness (QED) is 0.283. The minimum atomic E-state index is -0.606. The maximum absolute atomic E-state index is 13.9. The largest absolute Gasteiger partial charge is 0.323 e. The van der Waals surface area contributed by atoms with E-state index >= 15 is 0 Å². The monoisotopic (exact) mass is 479 g/mol. The maximum atomic E-state index is 13.9. The summed E-state index contributed by atoms with van der Waals surface area (Å²) in [6.07, 6.45) is 0. The Morgan fingerprint density at radius 3 is 2.87 bits per heavy atom. The summed E-state index contributed by atoms with van der Waals surface area (Å²) in [7, 11) is 0. The Morgan fingerprint density at radius 1 is 1.33 bits per heavy atom. The summed E-state index contributed by atoms with van der Waals surface area (Å²) in [5.41, 5.74) is 0.816. The molecule has 3 aromatic heterocycles. The Morgan fingerprint density at radius 2 is 2.17 bits per heavy atom. The number of amides is 1. The van der Waals surface area contributed by atoms with Gasteiger partial charge in [0, 0.05) is 27.4 Å².